The molecule has 142 valence electrons. The van der Waals surface area contributed by atoms with E-state index >= 15 is 0 Å². The smallest absolute Gasteiger partial charge is 0.251 e. The summed E-state index contributed by atoms with van der Waals surface area (Å²) in [6, 6.07) is 13.3. The second-order valence-corrected chi connectivity index (χ2v) is 6.79. The Morgan fingerprint density at radius 2 is 1.74 bits per heavy atom. The molecular weight excluding hydrogens is 365 g/mol. The number of rotatable bonds is 4. The number of amides is 1. The van der Waals surface area contributed by atoms with Gasteiger partial charge in [0.05, 0.1) is 7.11 Å². The summed E-state index contributed by atoms with van der Waals surface area (Å²) in [6.45, 7) is 1.50. The maximum absolute atomic E-state index is 13.0. The van der Waals surface area contributed by atoms with Gasteiger partial charge in [-0.15, -0.1) is 0 Å². The number of benzene rings is 2. The van der Waals surface area contributed by atoms with Crippen LogP contribution in [-0.2, 0) is 0 Å². The number of hydrogen-bond acceptors (Lipinski definition) is 3. The Morgan fingerprint density at radius 1 is 1.11 bits per heavy atom. The van der Waals surface area contributed by atoms with Gasteiger partial charge in [-0.25, -0.2) is 4.39 Å². The zero-order valence-electron chi connectivity index (χ0n) is 15.1. The van der Waals surface area contributed by atoms with Gasteiger partial charge in [0, 0.05) is 30.4 Å². The number of methoxy groups -OCH3 is 1. The van der Waals surface area contributed by atoms with E-state index in [1.165, 1.54) is 12.1 Å². The fourth-order valence-corrected chi connectivity index (χ4v) is 3.27. The number of nitrogens with one attached hydrogen (secondary N) is 2. The summed E-state index contributed by atoms with van der Waals surface area (Å²) >= 11 is 5.44. The molecule has 5 nitrogen and oxygen atoms in total. The van der Waals surface area contributed by atoms with Crippen molar-refractivity contribution in [3.05, 3.63) is 59.9 Å². The van der Waals surface area contributed by atoms with Crippen molar-refractivity contribution < 1.29 is 13.9 Å². The minimum absolute atomic E-state index is 0.0804. The third-order valence-electron chi connectivity index (χ3n) is 4.57. The van der Waals surface area contributed by atoms with Gasteiger partial charge in [0.1, 0.15) is 11.6 Å². The summed E-state index contributed by atoms with van der Waals surface area (Å²) in [5, 5.41) is 6.81. The topological polar surface area (TPSA) is 53.6 Å². The second kappa shape index (κ2) is 8.81. The number of halogens is 1. The molecule has 1 aliphatic heterocycles. The van der Waals surface area contributed by atoms with E-state index < -0.39 is 0 Å². The van der Waals surface area contributed by atoms with E-state index in [2.05, 4.69) is 15.5 Å². The number of ether oxygens (including phenoxy) is 1. The molecule has 2 N–H and O–H groups in total. The fourth-order valence-electron chi connectivity index (χ4n) is 2.97. The number of thiocarbonyl (C=S) groups is 1. The van der Waals surface area contributed by atoms with E-state index in [1.54, 1.807) is 43.5 Å². The third kappa shape index (κ3) is 5.17. The van der Waals surface area contributed by atoms with Crippen LogP contribution in [0, 0.1) is 5.82 Å². The number of nitrogens with zero attached hydrogens (tertiary/aromatic N) is 1. The van der Waals surface area contributed by atoms with Crippen LogP contribution in [0.25, 0.3) is 0 Å². The van der Waals surface area contributed by atoms with Crippen molar-refractivity contribution in [2.45, 2.75) is 18.9 Å². The Hall–Kier alpha value is -2.67. The summed E-state index contributed by atoms with van der Waals surface area (Å²) in [6.07, 6.45) is 1.63. The molecular formula is C20H22FN3O2S. The molecule has 0 aromatic heterocycles. The Kier molecular flexibility index (Phi) is 6.24. The van der Waals surface area contributed by atoms with Gasteiger partial charge in [-0.05, 0) is 73.6 Å². The second-order valence-electron chi connectivity index (χ2n) is 6.40. The highest BCUT2D eigenvalue weighted by Gasteiger charge is 2.22. The van der Waals surface area contributed by atoms with Gasteiger partial charge >= 0.3 is 0 Å². The van der Waals surface area contributed by atoms with Crippen LogP contribution in [0.2, 0.25) is 0 Å². The van der Waals surface area contributed by atoms with Gasteiger partial charge in [-0.1, -0.05) is 0 Å². The number of carbonyl (C=O) groups is 1. The number of likely N-dealkylation sites (tertiary alicyclic amines) is 1. The van der Waals surface area contributed by atoms with E-state index in [4.69, 9.17) is 17.0 Å². The molecule has 2 aromatic rings. The largest absolute Gasteiger partial charge is 0.497 e. The van der Waals surface area contributed by atoms with Gasteiger partial charge in [0.25, 0.3) is 5.91 Å². The van der Waals surface area contributed by atoms with Gasteiger partial charge in [0.2, 0.25) is 0 Å². The minimum Gasteiger partial charge on any atom is -0.497 e. The fraction of sp³-hybridized carbons (Fsp3) is 0.300. The summed E-state index contributed by atoms with van der Waals surface area (Å²) in [5.41, 5.74) is 1.38. The first-order valence-electron chi connectivity index (χ1n) is 8.81. The predicted octanol–water partition coefficient (Wildman–Crippen LogP) is 3.43. The van der Waals surface area contributed by atoms with Crippen LogP contribution in [0.1, 0.15) is 23.2 Å². The standard InChI is InChI=1S/C20H22FN3O2S/c1-26-18-8-2-14(3-9-18)19(25)22-17-10-12-24(13-11-17)20(27)23-16-6-4-15(21)5-7-16/h2-9,17H,10-13H2,1H3,(H,22,25)(H,23,27). The highest BCUT2D eigenvalue weighted by Crippen LogP contribution is 2.16. The first-order valence-corrected chi connectivity index (χ1v) is 9.22. The van der Waals surface area contributed by atoms with Crippen molar-refractivity contribution in [1.82, 2.24) is 10.2 Å². The summed E-state index contributed by atoms with van der Waals surface area (Å²) < 4.78 is 18.1. The van der Waals surface area contributed by atoms with Gasteiger partial charge in [-0.3, -0.25) is 4.79 Å². The van der Waals surface area contributed by atoms with Gasteiger partial charge in [-0.2, -0.15) is 0 Å². The monoisotopic (exact) mass is 387 g/mol. The number of hydrogen-bond donors (Lipinski definition) is 2. The predicted molar refractivity (Wildman–Crippen MR) is 108 cm³/mol. The molecule has 0 atom stereocenters. The molecule has 7 heteroatoms. The quantitative estimate of drug-likeness (QED) is 0.788. The Morgan fingerprint density at radius 3 is 2.33 bits per heavy atom. The zero-order chi connectivity index (χ0) is 19.2. The Labute approximate surface area is 163 Å². The van der Waals surface area contributed by atoms with Crippen molar-refractivity contribution >= 4 is 28.9 Å². The van der Waals surface area contributed by atoms with Crippen molar-refractivity contribution in [1.29, 1.82) is 0 Å². The molecule has 0 saturated carbocycles. The zero-order valence-corrected chi connectivity index (χ0v) is 15.9. The van der Waals surface area contributed by atoms with Crippen LogP contribution in [0.3, 0.4) is 0 Å². The number of carbonyl (C=O) groups excluding carboxylic acids is 1. The molecule has 0 spiro atoms. The average Bonchev–Trinajstić information content (AvgIpc) is 2.70. The Bertz CT molecular complexity index is 788. The molecule has 0 radical (unpaired) electrons. The lowest BCUT2D eigenvalue weighted by Crippen LogP contribution is -2.47. The molecule has 1 fully saturated rings. The summed E-state index contributed by atoms with van der Waals surface area (Å²) in [5.74, 6) is 0.366. The van der Waals surface area contributed by atoms with Crippen molar-refractivity contribution in [3.8, 4) is 5.75 Å². The lowest BCUT2D eigenvalue weighted by Gasteiger charge is -2.34. The van der Waals surface area contributed by atoms with Crippen molar-refractivity contribution in [3.63, 3.8) is 0 Å². The van der Waals surface area contributed by atoms with E-state index in [0.29, 0.717) is 10.7 Å². The molecule has 3 rings (SSSR count). The molecule has 27 heavy (non-hydrogen) atoms. The van der Waals surface area contributed by atoms with Gasteiger partial charge in [0.15, 0.2) is 5.11 Å². The van der Waals surface area contributed by atoms with Crippen molar-refractivity contribution in [2.24, 2.45) is 0 Å². The number of anilines is 1. The molecule has 2 aromatic carbocycles. The molecule has 0 unspecified atom stereocenters. The van der Waals surface area contributed by atoms with Crippen molar-refractivity contribution in [2.75, 3.05) is 25.5 Å². The van der Waals surface area contributed by atoms with E-state index in [9.17, 15) is 9.18 Å². The van der Waals surface area contributed by atoms with Crippen LogP contribution in [0.5, 0.6) is 5.75 Å². The molecule has 1 amide bonds. The molecule has 0 aliphatic carbocycles. The molecule has 1 saturated heterocycles. The minimum atomic E-state index is -0.278. The SMILES string of the molecule is COc1ccc(C(=O)NC2CCN(C(=S)Nc3ccc(F)cc3)CC2)cc1. The van der Waals surface area contributed by atoms with Crippen LogP contribution in [-0.4, -0.2) is 42.2 Å². The molecule has 1 aliphatic rings. The maximum atomic E-state index is 13.0. The van der Waals surface area contributed by atoms with Crippen LogP contribution in [0.15, 0.2) is 48.5 Å². The first kappa shape index (κ1) is 19.1. The lowest BCUT2D eigenvalue weighted by atomic mass is 10.0. The Balaban J connectivity index is 1.47. The van der Waals surface area contributed by atoms with E-state index in [0.717, 1.165) is 37.4 Å². The highest BCUT2D eigenvalue weighted by atomic mass is 32.1. The summed E-state index contributed by atoms with van der Waals surface area (Å²) in [4.78, 5) is 14.4. The normalized spacial score (nSPS) is 14.5. The van der Waals surface area contributed by atoms with Gasteiger partial charge < -0.3 is 20.3 Å². The summed E-state index contributed by atoms with van der Waals surface area (Å²) in [7, 11) is 1.60. The van der Waals surface area contributed by atoms with Crippen LogP contribution in [0.4, 0.5) is 10.1 Å². The molecule has 1 heterocycles. The number of piperidine rings is 1. The maximum Gasteiger partial charge on any atom is 0.251 e. The lowest BCUT2D eigenvalue weighted by molar-refractivity contribution is 0.0922. The molecule has 0 bridgehead atoms. The van der Waals surface area contributed by atoms with E-state index in [1.807, 2.05) is 0 Å². The van der Waals surface area contributed by atoms with E-state index in [-0.39, 0.29) is 17.8 Å². The van der Waals surface area contributed by atoms with Crippen LogP contribution < -0.4 is 15.4 Å². The first-order chi connectivity index (χ1) is 13.0. The highest BCUT2D eigenvalue weighted by molar-refractivity contribution is 7.80. The third-order valence-corrected chi connectivity index (χ3v) is 4.93. The average molecular weight is 387 g/mol. The van der Waals surface area contributed by atoms with Crippen LogP contribution >= 0.6 is 12.2 Å².